The van der Waals surface area contributed by atoms with Crippen LogP contribution in [0.25, 0.3) is 0 Å². The molecule has 0 aliphatic rings. The Bertz CT molecular complexity index is 566. The van der Waals surface area contributed by atoms with E-state index in [1.165, 1.54) is 16.9 Å². The smallest absolute Gasteiger partial charge is 0.345 e. The Balaban J connectivity index is 1.72. The van der Waals surface area contributed by atoms with Gasteiger partial charge in [-0.15, -0.1) is 11.3 Å². The topological polar surface area (TPSA) is 59.4 Å². The highest BCUT2D eigenvalue weighted by Gasteiger charge is 2.10. The lowest BCUT2D eigenvalue weighted by Gasteiger charge is -2.04. The summed E-state index contributed by atoms with van der Waals surface area (Å²) in [6.45, 7) is 3.07. The van der Waals surface area contributed by atoms with Crippen molar-refractivity contribution in [3.8, 4) is 0 Å². The van der Waals surface area contributed by atoms with Gasteiger partial charge in [-0.3, -0.25) is 4.98 Å². The Hall–Kier alpha value is -1.72. The SMILES string of the molecule is Cc1sc(C(=O)O)cc1COCCCc1ccncc1. The number of thiophene rings is 1. The summed E-state index contributed by atoms with van der Waals surface area (Å²) in [6.07, 6.45) is 5.49. The maximum absolute atomic E-state index is 10.9. The molecule has 0 unspecified atom stereocenters. The van der Waals surface area contributed by atoms with E-state index < -0.39 is 5.97 Å². The molecule has 0 saturated heterocycles. The zero-order valence-corrected chi connectivity index (χ0v) is 12.2. The van der Waals surface area contributed by atoms with Crippen LogP contribution < -0.4 is 0 Å². The second-order valence-corrected chi connectivity index (χ2v) is 5.77. The molecule has 2 heterocycles. The summed E-state index contributed by atoms with van der Waals surface area (Å²) in [5.74, 6) is -0.873. The number of aromatic carboxylic acids is 1. The number of hydrogen-bond donors (Lipinski definition) is 1. The molecule has 5 heteroatoms. The van der Waals surface area contributed by atoms with Crippen LogP contribution in [0.1, 0.15) is 32.1 Å². The first-order valence-corrected chi connectivity index (χ1v) is 7.27. The number of pyridine rings is 1. The van der Waals surface area contributed by atoms with Gasteiger partial charge < -0.3 is 9.84 Å². The predicted octanol–water partition coefficient (Wildman–Crippen LogP) is 3.30. The van der Waals surface area contributed by atoms with E-state index in [0.29, 0.717) is 18.1 Å². The fourth-order valence-electron chi connectivity index (χ4n) is 1.88. The summed E-state index contributed by atoms with van der Waals surface area (Å²) < 4.78 is 5.61. The number of carboxylic acids is 1. The molecule has 0 atom stereocenters. The van der Waals surface area contributed by atoms with Crippen molar-refractivity contribution in [1.29, 1.82) is 0 Å². The Kier molecular flexibility index (Phi) is 5.26. The van der Waals surface area contributed by atoms with E-state index in [2.05, 4.69) is 4.98 Å². The van der Waals surface area contributed by atoms with Crippen molar-refractivity contribution in [2.75, 3.05) is 6.61 Å². The largest absolute Gasteiger partial charge is 0.477 e. The molecule has 4 nitrogen and oxygen atoms in total. The fraction of sp³-hybridized carbons (Fsp3) is 0.333. The number of ether oxygens (including phenoxy) is 1. The molecule has 0 saturated carbocycles. The number of hydrogen-bond acceptors (Lipinski definition) is 4. The van der Waals surface area contributed by atoms with Crippen molar-refractivity contribution in [3.05, 3.63) is 51.5 Å². The van der Waals surface area contributed by atoms with Gasteiger partial charge in [0, 0.05) is 23.9 Å². The van der Waals surface area contributed by atoms with Crippen LogP contribution >= 0.6 is 11.3 Å². The molecule has 20 heavy (non-hydrogen) atoms. The summed E-state index contributed by atoms with van der Waals surface area (Å²) in [5, 5.41) is 8.92. The predicted molar refractivity (Wildman–Crippen MR) is 78.2 cm³/mol. The number of aromatic nitrogens is 1. The zero-order valence-electron chi connectivity index (χ0n) is 11.3. The minimum Gasteiger partial charge on any atom is -0.477 e. The summed E-state index contributed by atoms with van der Waals surface area (Å²) in [5.41, 5.74) is 2.22. The van der Waals surface area contributed by atoms with Crippen LogP contribution in [-0.2, 0) is 17.8 Å². The van der Waals surface area contributed by atoms with Gasteiger partial charge in [0.2, 0.25) is 0 Å². The van der Waals surface area contributed by atoms with E-state index in [1.807, 2.05) is 19.1 Å². The van der Waals surface area contributed by atoms with Crippen molar-refractivity contribution in [3.63, 3.8) is 0 Å². The highest BCUT2D eigenvalue weighted by Crippen LogP contribution is 2.22. The van der Waals surface area contributed by atoms with Crippen molar-refractivity contribution < 1.29 is 14.6 Å². The van der Waals surface area contributed by atoms with Crippen LogP contribution in [0.5, 0.6) is 0 Å². The minimum atomic E-state index is -0.873. The Morgan fingerprint density at radius 1 is 1.40 bits per heavy atom. The van der Waals surface area contributed by atoms with E-state index in [0.717, 1.165) is 23.3 Å². The van der Waals surface area contributed by atoms with Gasteiger partial charge >= 0.3 is 5.97 Å². The molecule has 0 amide bonds. The summed E-state index contributed by atoms with van der Waals surface area (Å²) in [6, 6.07) is 5.70. The third kappa shape index (κ3) is 4.15. The first-order valence-electron chi connectivity index (χ1n) is 6.46. The number of nitrogens with zero attached hydrogens (tertiary/aromatic N) is 1. The molecule has 0 fully saturated rings. The van der Waals surface area contributed by atoms with Gasteiger partial charge in [-0.1, -0.05) is 0 Å². The van der Waals surface area contributed by atoms with E-state index in [9.17, 15) is 4.79 Å². The average molecular weight is 291 g/mol. The van der Waals surface area contributed by atoms with Crippen LogP contribution in [0, 0.1) is 6.92 Å². The zero-order chi connectivity index (χ0) is 14.4. The molecule has 2 aromatic heterocycles. The standard InChI is InChI=1S/C15H17NO3S/c1-11-13(9-14(20-11)15(17)18)10-19-8-2-3-12-4-6-16-7-5-12/h4-7,9H,2-3,8,10H2,1H3,(H,17,18). The first-order chi connectivity index (χ1) is 9.66. The number of rotatable bonds is 7. The molecule has 0 spiro atoms. The number of aryl methyl sites for hydroxylation is 2. The van der Waals surface area contributed by atoms with Gasteiger partial charge in [-0.05, 0) is 49.1 Å². The molecular formula is C15H17NO3S. The van der Waals surface area contributed by atoms with Gasteiger partial charge in [-0.25, -0.2) is 4.79 Å². The van der Waals surface area contributed by atoms with Crippen LogP contribution in [0.2, 0.25) is 0 Å². The number of carboxylic acid groups (broad SMARTS) is 1. The Labute approximate surface area is 122 Å². The summed E-state index contributed by atoms with van der Waals surface area (Å²) in [7, 11) is 0. The average Bonchev–Trinajstić information content (AvgIpc) is 2.81. The van der Waals surface area contributed by atoms with Crippen molar-refractivity contribution in [1.82, 2.24) is 4.98 Å². The van der Waals surface area contributed by atoms with Crippen LogP contribution in [0.15, 0.2) is 30.6 Å². The summed E-state index contributed by atoms with van der Waals surface area (Å²) in [4.78, 5) is 16.2. The van der Waals surface area contributed by atoms with Crippen molar-refractivity contribution in [2.24, 2.45) is 0 Å². The van der Waals surface area contributed by atoms with Crippen LogP contribution in [0.4, 0.5) is 0 Å². The second-order valence-electron chi connectivity index (χ2n) is 4.51. The van der Waals surface area contributed by atoms with Crippen LogP contribution in [-0.4, -0.2) is 22.7 Å². The first kappa shape index (κ1) is 14.7. The third-order valence-corrected chi connectivity index (χ3v) is 4.07. The Morgan fingerprint density at radius 2 is 2.15 bits per heavy atom. The van der Waals surface area contributed by atoms with Crippen LogP contribution in [0.3, 0.4) is 0 Å². The lowest BCUT2D eigenvalue weighted by atomic mass is 10.1. The molecule has 0 bridgehead atoms. The number of carbonyl (C=O) groups is 1. The minimum absolute atomic E-state index is 0.373. The van der Waals surface area contributed by atoms with Gasteiger partial charge in [-0.2, -0.15) is 0 Å². The third-order valence-electron chi connectivity index (χ3n) is 2.99. The fourth-order valence-corrected chi connectivity index (χ4v) is 2.75. The van der Waals surface area contributed by atoms with Crippen molar-refractivity contribution >= 4 is 17.3 Å². The highest BCUT2D eigenvalue weighted by atomic mass is 32.1. The highest BCUT2D eigenvalue weighted by molar-refractivity contribution is 7.14. The molecule has 0 radical (unpaired) electrons. The lowest BCUT2D eigenvalue weighted by Crippen LogP contribution is -1.98. The quantitative estimate of drug-likeness (QED) is 0.795. The van der Waals surface area contributed by atoms with Gasteiger partial charge in [0.05, 0.1) is 6.61 Å². The molecule has 0 aromatic carbocycles. The van der Waals surface area contributed by atoms with Crippen molar-refractivity contribution in [2.45, 2.75) is 26.4 Å². The van der Waals surface area contributed by atoms with E-state index >= 15 is 0 Å². The molecule has 0 aliphatic heterocycles. The second kappa shape index (κ2) is 7.17. The van der Waals surface area contributed by atoms with E-state index in [4.69, 9.17) is 9.84 Å². The molecule has 106 valence electrons. The molecular weight excluding hydrogens is 274 g/mol. The van der Waals surface area contributed by atoms with E-state index in [1.54, 1.807) is 18.5 Å². The monoisotopic (exact) mass is 291 g/mol. The maximum atomic E-state index is 10.9. The molecule has 1 N–H and O–H groups in total. The molecule has 2 rings (SSSR count). The van der Waals surface area contributed by atoms with Gasteiger partial charge in [0.15, 0.2) is 0 Å². The van der Waals surface area contributed by atoms with E-state index in [-0.39, 0.29) is 0 Å². The maximum Gasteiger partial charge on any atom is 0.345 e. The summed E-state index contributed by atoms with van der Waals surface area (Å²) >= 11 is 1.30. The molecule has 2 aromatic rings. The normalized spacial score (nSPS) is 10.7. The van der Waals surface area contributed by atoms with Gasteiger partial charge in [0.1, 0.15) is 4.88 Å². The molecule has 0 aliphatic carbocycles. The lowest BCUT2D eigenvalue weighted by molar-refractivity contribution is 0.0702. The Morgan fingerprint density at radius 3 is 2.80 bits per heavy atom. The van der Waals surface area contributed by atoms with Gasteiger partial charge in [0.25, 0.3) is 0 Å².